The smallest absolute Gasteiger partial charge is 0.226 e. The fourth-order valence-corrected chi connectivity index (χ4v) is 1.60. The average Bonchev–Trinajstić information content (AvgIpc) is 2.95. The van der Waals surface area contributed by atoms with Crippen molar-refractivity contribution < 1.29 is 0 Å². The number of anilines is 2. The summed E-state index contributed by atoms with van der Waals surface area (Å²) in [5.74, 6) is 1.51. The SMILES string of the molecule is CCNc1nc(NC2CC2)c2cn[nH]c2n1. The second kappa shape index (κ2) is 3.62. The zero-order valence-electron chi connectivity index (χ0n) is 9.12. The number of nitrogens with zero attached hydrogens (tertiary/aromatic N) is 3. The molecule has 1 aliphatic carbocycles. The van der Waals surface area contributed by atoms with Crippen LogP contribution in [0, 0.1) is 0 Å². The lowest BCUT2D eigenvalue weighted by Crippen LogP contribution is -2.08. The van der Waals surface area contributed by atoms with Gasteiger partial charge >= 0.3 is 0 Å². The third-order valence-electron chi connectivity index (χ3n) is 2.56. The van der Waals surface area contributed by atoms with Crippen molar-refractivity contribution in [3.05, 3.63) is 6.20 Å². The second-order valence-corrected chi connectivity index (χ2v) is 3.98. The molecule has 0 radical (unpaired) electrons. The number of rotatable bonds is 4. The van der Waals surface area contributed by atoms with Crippen LogP contribution in [-0.4, -0.2) is 32.8 Å². The summed E-state index contributed by atoms with van der Waals surface area (Å²) in [5, 5.41) is 14.3. The molecule has 1 saturated carbocycles. The molecule has 0 saturated heterocycles. The van der Waals surface area contributed by atoms with Gasteiger partial charge in [0.2, 0.25) is 5.95 Å². The van der Waals surface area contributed by atoms with Crippen molar-refractivity contribution in [1.82, 2.24) is 20.2 Å². The van der Waals surface area contributed by atoms with Gasteiger partial charge in [0.25, 0.3) is 0 Å². The quantitative estimate of drug-likeness (QED) is 0.722. The third-order valence-corrected chi connectivity index (χ3v) is 2.56. The van der Waals surface area contributed by atoms with Crippen LogP contribution in [0.25, 0.3) is 11.0 Å². The molecule has 84 valence electrons. The highest BCUT2D eigenvalue weighted by Gasteiger charge is 2.23. The van der Waals surface area contributed by atoms with Gasteiger partial charge in [0, 0.05) is 12.6 Å². The zero-order chi connectivity index (χ0) is 11.0. The van der Waals surface area contributed by atoms with E-state index in [0.29, 0.717) is 12.0 Å². The molecule has 16 heavy (non-hydrogen) atoms. The van der Waals surface area contributed by atoms with Crippen molar-refractivity contribution in [2.75, 3.05) is 17.2 Å². The number of nitrogens with one attached hydrogen (secondary N) is 3. The van der Waals surface area contributed by atoms with Gasteiger partial charge in [-0.1, -0.05) is 0 Å². The van der Waals surface area contributed by atoms with Crippen LogP contribution in [0.1, 0.15) is 19.8 Å². The normalized spacial score (nSPS) is 15.3. The molecule has 1 aliphatic rings. The van der Waals surface area contributed by atoms with Gasteiger partial charge in [-0.15, -0.1) is 0 Å². The topological polar surface area (TPSA) is 78.5 Å². The van der Waals surface area contributed by atoms with Crippen LogP contribution in [-0.2, 0) is 0 Å². The molecule has 6 nitrogen and oxygen atoms in total. The summed E-state index contributed by atoms with van der Waals surface area (Å²) in [6.45, 7) is 2.83. The van der Waals surface area contributed by atoms with Gasteiger partial charge in [0.1, 0.15) is 5.82 Å². The lowest BCUT2D eigenvalue weighted by Gasteiger charge is -2.07. The van der Waals surface area contributed by atoms with Crippen LogP contribution in [0.5, 0.6) is 0 Å². The van der Waals surface area contributed by atoms with Gasteiger partial charge in [0.05, 0.1) is 11.6 Å². The summed E-state index contributed by atoms with van der Waals surface area (Å²) in [6.07, 6.45) is 4.20. The molecule has 2 aromatic heterocycles. The predicted octanol–water partition coefficient (Wildman–Crippen LogP) is 1.36. The molecule has 0 unspecified atom stereocenters. The van der Waals surface area contributed by atoms with E-state index in [1.807, 2.05) is 6.92 Å². The molecule has 0 atom stereocenters. The van der Waals surface area contributed by atoms with Crippen LogP contribution >= 0.6 is 0 Å². The Morgan fingerprint density at radius 3 is 3.06 bits per heavy atom. The summed E-state index contributed by atoms with van der Waals surface area (Å²) in [5.41, 5.74) is 0.772. The largest absolute Gasteiger partial charge is 0.367 e. The molecule has 0 aromatic carbocycles. The lowest BCUT2D eigenvalue weighted by molar-refractivity contribution is 1.06. The molecule has 0 bridgehead atoms. The summed E-state index contributed by atoms with van der Waals surface area (Å²) in [6, 6.07) is 0.572. The molecule has 1 fully saturated rings. The summed E-state index contributed by atoms with van der Waals surface area (Å²) in [4.78, 5) is 8.78. The molecule has 0 amide bonds. The Kier molecular flexibility index (Phi) is 2.12. The Morgan fingerprint density at radius 2 is 2.31 bits per heavy atom. The van der Waals surface area contributed by atoms with Crippen LogP contribution in [0.15, 0.2) is 6.20 Å². The molecule has 2 aromatic rings. The Morgan fingerprint density at radius 1 is 1.44 bits per heavy atom. The van der Waals surface area contributed by atoms with E-state index in [1.54, 1.807) is 6.20 Å². The highest BCUT2D eigenvalue weighted by atomic mass is 15.2. The maximum Gasteiger partial charge on any atom is 0.226 e. The first-order valence-electron chi connectivity index (χ1n) is 5.58. The molecule has 0 aliphatic heterocycles. The minimum atomic E-state index is 0.572. The monoisotopic (exact) mass is 218 g/mol. The van der Waals surface area contributed by atoms with Gasteiger partial charge in [-0.05, 0) is 19.8 Å². The first-order valence-corrected chi connectivity index (χ1v) is 5.58. The van der Waals surface area contributed by atoms with Crippen LogP contribution < -0.4 is 10.6 Å². The van der Waals surface area contributed by atoms with E-state index in [9.17, 15) is 0 Å². The first-order chi connectivity index (χ1) is 7.86. The molecule has 0 spiro atoms. The predicted molar refractivity (Wildman–Crippen MR) is 62.5 cm³/mol. The molecule has 6 heteroatoms. The van der Waals surface area contributed by atoms with Crippen molar-refractivity contribution in [2.45, 2.75) is 25.8 Å². The number of hydrogen-bond acceptors (Lipinski definition) is 5. The summed E-state index contributed by atoms with van der Waals surface area (Å²) < 4.78 is 0. The molecule has 2 heterocycles. The Labute approximate surface area is 92.9 Å². The molecule has 3 rings (SSSR count). The fraction of sp³-hybridized carbons (Fsp3) is 0.500. The van der Waals surface area contributed by atoms with Gasteiger partial charge in [-0.2, -0.15) is 15.1 Å². The fourth-order valence-electron chi connectivity index (χ4n) is 1.60. The van der Waals surface area contributed by atoms with Crippen molar-refractivity contribution in [3.63, 3.8) is 0 Å². The van der Waals surface area contributed by atoms with E-state index < -0.39 is 0 Å². The number of aromatic nitrogens is 4. The van der Waals surface area contributed by atoms with Crippen molar-refractivity contribution in [3.8, 4) is 0 Å². The first kappa shape index (κ1) is 9.38. The molecular formula is C10H14N6. The van der Waals surface area contributed by atoms with E-state index >= 15 is 0 Å². The van der Waals surface area contributed by atoms with Gasteiger partial charge in [0.15, 0.2) is 5.65 Å². The van der Waals surface area contributed by atoms with E-state index in [4.69, 9.17) is 0 Å². The maximum absolute atomic E-state index is 4.45. The molecular weight excluding hydrogens is 204 g/mol. The highest BCUT2D eigenvalue weighted by Crippen LogP contribution is 2.27. The highest BCUT2D eigenvalue weighted by molar-refractivity contribution is 5.87. The van der Waals surface area contributed by atoms with Crippen molar-refractivity contribution in [2.24, 2.45) is 0 Å². The number of fused-ring (bicyclic) bond motifs is 1. The van der Waals surface area contributed by atoms with E-state index in [-0.39, 0.29) is 0 Å². The van der Waals surface area contributed by atoms with Crippen LogP contribution in [0.3, 0.4) is 0 Å². The van der Waals surface area contributed by atoms with Crippen LogP contribution in [0.2, 0.25) is 0 Å². The Balaban J connectivity index is 2.02. The lowest BCUT2D eigenvalue weighted by atomic mass is 10.4. The molecule has 3 N–H and O–H groups in total. The second-order valence-electron chi connectivity index (χ2n) is 3.98. The van der Waals surface area contributed by atoms with Crippen molar-refractivity contribution in [1.29, 1.82) is 0 Å². The van der Waals surface area contributed by atoms with Gasteiger partial charge in [-0.25, -0.2) is 0 Å². The van der Waals surface area contributed by atoms with E-state index in [0.717, 1.165) is 23.4 Å². The van der Waals surface area contributed by atoms with Crippen LogP contribution in [0.4, 0.5) is 11.8 Å². The average molecular weight is 218 g/mol. The Bertz CT molecular complexity index is 501. The minimum Gasteiger partial charge on any atom is -0.367 e. The standard InChI is InChI=1S/C10H14N6/c1-2-11-10-14-8(13-6-3-4-6)7-5-12-16-9(7)15-10/h5-6H,2-4H2,1H3,(H3,11,12,13,14,15,16). The van der Waals surface area contributed by atoms with Crippen molar-refractivity contribution >= 4 is 22.8 Å². The maximum atomic E-state index is 4.45. The summed E-state index contributed by atoms with van der Waals surface area (Å²) >= 11 is 0. The van der Waals surface area contributed by atoms with E-state index in [1.165, 1.54) is 12.8 Å². The third kappa shape index (κ3) is 1.66. The van der Waals surface area contributed by atoms with Gasteiger partial charge in [-0.3, -0.25) is 5.10 Å². The van der Waals surface area contributed by atoms with Gasteiger partial charge < -0.3 is 10.6 Å². The number of aromatic amines is 1. The minimum absolute atomic E-state index is 0.572. The number of H-pyrrole nitrogens is 1. The van der Waals surface area contributed by atoms with E-state index in [2.05, 4.69) is 30.8 Å². The Hall–Kier alpha value is -1.85. The zero-order valence-corrected chi connectivity index (χ0v) is 9.12. The summed E-state index contributed by atoms with van der Waals surface area (Å²) in [7, 11) is 0. The number of hydrogen-bond donors (Lipinski definition) is 3.